The molecule has 0 radical (unpaired) electrons. The zero-order valence-electron chi connectivity index (χ0n) is 14.8. The Morgan fingerprint density at radius 2 is 2.23 bits per heavy atom. The van der Waals surface area contributed by atoms with E-state index in [9.17, 15) is 5.11 Å². The maximum absolute atomic E-state index is 10.8. The van der Waals surface area contributed by atoms with Gasteiger partial charge in [-0.3, -0.25) is 9.88 Å². The highest BCUT2D eigenvalue weighted by Gasteiger charge is 2.26. The molecule has 1 aliphatic rings. The van der Waals surface area contributed by atoms with Crippen molar-refractivity contribution in [3.63, 3.8) is 0 Å². The minimum atomic E-state index is -0.533. The van der Waals surface area contributed by atoms with Gasteiger partial charge in [-0.15, -0.1) is 11.3 Å². The van der Waals surface area contributed by atoms with Crippen LogP contribution in [-0.2, 0) is 6.42 Å². The topological polar surface area (TPSA) is 61.3 Å². The van der Waals surface area contributed by atoms with Crippen molar-refractivity contribution in [2.75, 3.05) is 24.1 Å². The summed E-state index contributed by atoms with van der Waals surface area (Å²) in [4.78, 5) is 11.3. The zero-order chi connectivity index (χ0) is 18.1. The van der Waals surface area contributed by atoms with Crippen LogP contribution in [0, 0.1) is 0 Å². The molecule has 3 heterocycles. The summed E-state index contributed by atoms with van der Waals surface area (Å²) in [5, 5.41) is 10.8. The Morgan fingerprint density at radius 1 is 1.35 bits per heavy atom. The van der Waals surface area contributed by atoms with Gasteiger partial charge in [0.2, 0.25) is 0 Å². The Hall–Kier alpha value is -1.67. The monoisotopic (exact) mass is 386 g/mol. The van der Waals surface area contributed by atoms with E-state index in [0.717, 1.165) is 35.4 Å². The molecule has 0 aliphatic carbocycles. The van der Waals surface area contributed by atoms with Crippen LogP contribution in [-0.4, -0.2) is 39.3 Å². The number of nitrogens with zero attached hydrogens (tertiary/aromatic N) is 3. The van der Waals surface area contributed by atoms with Gasteiger partial charge in [-0.2, -0.15) is 0 Å². The Morgan fingerprint density at radius 3 is 3.08 bits per heavy atom. The first kappa shape index (κ1) is 17.7. The van der Waals surface area contributed by atoms with Crippen LogP contribution in [0.15, 0.2) is 36.0 Å². The van der Waals surface area contributed by atoms with Gasteiger partial charge in [0.15, 0.2) is 0 Å². The van der Waals surface area contributed by atoms with Gasteiger partial charge in [-0.25, -0.2) is 4.98 Å². The predicted octanol–water partition coefficient (Wildman–Crippen LogP) is 4.03. The normalized spacial score (nSPS) is 19.1. The number of hydrogen-bond donors (Lipinski definition) is 2. The molecular formula is C19H22N4OS2. The highest BCUT2D eigenvalue weighted by Crippen LogP contribution is 2.31. The third-order valence-electron chi connectivity index (χ3n) is 5.01. The van der Waals surface area contributed by atoms with Gasteiger partial charge in [0, 0.05) is 43.1 Å². The number of aromatic nitrogens is 2. The molecule has 0 bridgehead atoms. The number of aliphatic hydroxyl groups excluding tert-OH is 1. The largest absolute Gasteiger partial charge is 0.387 e. The van der Waals surface area contributed by atoms with E-state index in [-0.39, 0.29) is 6.04 Å². The van der Waals surface area contributed by atoms with Gasteiger partial charge in [0.1, 0.15) is 0 Å². The molecule has 2 N–H and O–H groups in total. The van der Waals surface area contributed by atoms with Gasteiger partial charge in [-0.05, 0) is 30.7 Å². The smallest absolute Gasteiger partial charge is 0.0935 e. The summed E-state index contributed by atoms with van der Waals surface area (Å²) in [6, 6.07) is 8.73. The quantitative estimate of drug-likeness (QED) is 0.660. The number of anilines is 1. The second-order valence-corrected chi connectivity index (χ2v) is 8.08. The molecule has 26 heavy (non-hydrogen) atoms. The van der Waals surface area contributed by atoms with Crippen LogP contribution in [0.25, 0.3) is 10.2 Å². The number of fused-ring (bicyclic) bond motifs is 2. The van der Waals surface area contributed by atoms with Gasteiger partial charge in [0.25, 0.3) is 0 Å². The number of pyridine rings is 1. The molecule has 0 saturated carbocycles. The van der Waals surface area contributed by atoms with Crippen molar-refractivity contribution >= 4 is 39.2 Å². The van der Waals surface area contributed by atoms with Crippen LogP contribution in [0.5, 0.6) is 0 Å². The van der Waals surface area contributed by atoms with E-state index in [1.165, 1.54) is 22.2 Å². The van der Waals surface area contributed by atoms with Gasteiger partial charge in [-0.1, -0.05) is 18.0 Å². The molecule has 5 nitrogen and oxygen atoms in total. The predicted molar refractivity (Wildman–Crippen MR) is 110 cm³/mol. The number of nitrogens with one attached hydrogen (secondary N) is 1. The van der Waals surface area contributed by atoms with E-state index in [4.69, 9.17) is 0 Å². The molecule has 2 atom stereocenters. The van der Waals surface area contributed by atoms with E-state index in [0.29, 0.717) is 6.54 Å². The van der Waals surface area contributed by atoms with Crippen LogP contribution in [0.4, 0.5) is 5.69 Å². The summed E-state index contributed by atoms with van der Waals surface area (Å²) < 4.78 is 4.41. The van der Waals surface area contributed by atoms with E-state index >= 15 is 0 Å². The van der Waals surface area contributed by atoms with Crippen LogP contribution >= 0.6 is 23.3 Å². The fraction of sp³-hybridized carbons (Fsp3) is 0.368. The fourth-order valence-corrected chi connectivity index (χ4v) is 4.55. The molecule has 0 saturated heterocycles. The number of β-amino-alcohol motifs (C(OH)–C–C–N with tert-alkyl or cyclic N) is 1. The molecule has 1 unspecified atom stereocenters. The van der Waals surface area contributed by atoms with Gasteiger partial charge >= 0.3 is 0 Å². The molecule has 1 aromatic carbocycles. The first-order valence-corrected chi connectivity index (χ1v) is 10.8. The van der Waals surface area contributed by atoms with Crippen LogP contribution in [0.1, 0.15) is 35.9 Å². The number of thiazole rings is 1. The van der Waals surface area contributed by atoms with E-state index in [1.54, 1.807) is 11.3 Å². The summed E-state index contributed by atoms with van der Waals surface area (Å²) in [6.07, 6.45) is 4.13. The molecule has 0 amide bonds. The van der Waals surface area contributed by atoms with E-state index in [2.05, 4.69) is 44.7 Å². The summed E-state index contributed by atoms with van der Waals surface area (Å²) in [6.45, 7) is 3.68. The Labute approximate surface area is 161 Å². The van der Waals surface area contributed by atoms with Crippen molar-refractivity contribution in [3.05, 3.63) is 52.8 Å². The SMILES string of the molecule is CSNc1cnc2c(c1)[C@@H](O)CN(C(C)c1ccc3scnc3c1)CC2. The van der Waals surface area contributed by atoms with Gasteiger partial charge < -0.3 is 9.83 Å². The average Bonchev–Trinajstić information content (AvgIpc) is 3.06. The molecule has 2 aromatic heterocycles. The molecule has 1 aliphatic heterocycles. The van der Waals surface area contributed by atoms with Crippen molar-refractivity contribution in [3.8, 4) is 0 Å². The highest BCUT2D eigenvalue weighted by atomic mass is 32.2. The lowest BCUT2D eigenvalue weighted by Crippen LogP contribution is -2.31. The Bertz CT molecular complexity index is 913. The Balaban J connectivity index is 1.57. The molecule has 0 spiro atoms. The van der Waals surface area contributed by atoms with Crippen LogP contribution < -0.4 is 4.72 Å². The van der Waals surface area contributed by atoms with E-state index < -0.39 is 6.10 Å². The van der Waals surface area contributed by atoms with Crippen molar-refractivity contribution in [1.82, 2.24) is 14.9 Å². The summed E-state index contributed by atoms with van der Waals surface area (Å²) >= 11 is 3.19. The van der Waals surface area contributed by atoms with E-state index in [1.807, 2.05) is 24.0 Å². The highest BCUT2D eigenvalue weighted by molar-refractivity contribution is 7.99. The van der Waals surface area contributed by atoms with Crippen molar-refractivity contribution in [1.29, 1.82) is 0 Å². The minimum Gasteiger partial charge on any atom is -0.387 e. The second kappa shape index (κ2) is 7.52. The van der Waals surface area contributed by atoms with Crippen molar-refractivity contribution in [2.24, 2.45) is 0 Å². The number of benzene rings is 1. The summed E-state index contributed by atoms with van der Waals surface area (Å²) in [5.74, 6) is 0. The standard InChI is InChI=1S/C19H22N4OS2/c1-12(13-3-4-19-17(7-13)21-11-26-19)23-6-5-16-15(18(24)10-23)8-14(9-20-16)22-25-2/h3-4,7-9,11-12,18,22,24H,5-6,10H2,1-2H3/t12?,18-/m0/s1. The lowest BCUT2D eigenvalue weighted by molar-refractivity contribution is 0.0985. The molecule has 7 heteroatoms. The molecule has 0 fully saturated rings. The summed E-state index contributed by atoms with van der Waals surface area (Å²) in [5.41, 5.74) is 7.04. The average molecular weight is 387 g/mol. The second-order valence-electron chi connectivity index (χ2n) is 6.58. The first-order valence-electron chi connectivity index (χ1n) is 8.69. The number of aliphatic hydroxyl groups is 1. The maximum atomic E-state index is 10.8. The van der Waals surface area contributed by atoms with Gasteiger partial charge in [0.05, 0.1) is 33.7 Å². The molecule has 136 valence electrons. The molecule has 3 aromatic rings. The zero-order valence-corrected chi connectivity index (χ0v) is 16.5. The number of hydrogen-bond acceptors (Lipinski definition) is 7. The minimum absolute atomic E-state index is 0.217. The summed E-state index contributed by atoms with van der Waals surface area (Å²) in [7, 11) is 0. The molecule has 4 rings (SSSR count). The number of rotatable bonds is 4. The third-order valence-corrected chi connectivity index (χ3v) is 6.26. The van der Waals surface area contributed by atoms with Crippen molar-refractivity contribution in [2.45, 2.75) is 25.5 Å². The fourth-order valence-electron chi connectivity index (χ4n) is 3.54. The molecular weight excluding hydrogens is 364 g/mol. The van der Waals surface area contributed by atoms with Crippen molar-refractivity contribution < 1.29 is 5.11 Å². The maximum Gasteiger partial charge on any atom is 0.0935 e. The Kier molecular flexibility index (Phi) is 5.13. The van der Waals surface area contributed by atoms with Crippen LogP contribution in [0.3, 0.4) is 0 Å². The first-order chi connectivity index (χ1) is 12.7. The third kappa shape index (κ3) is 3.44. The lowest BCUT2D eigenvalue weighted by atomic mass is 10.1. The van der Waals surface area contributed by atoms with Crippen LogP contribution in [0.2, 0.25) is 0 Å². The lowest BCUT2D eigenvalue weighted by Gasteiger charge is -2.29.